The number of hydrogen-bond acceptors (Lipinski definition) is 3. The van der Waals surface area contributed by atoms with Gasteiger partial charge in [-0.25, -0.2) is 9.97 Å². The Kier molecular flexibility index (Phi) is 3.47. The third kappa shape index (κ3) is 2.55. The van der Waals surface area contributed by atoms with Gasteiger partial charge in [0, 0.05) is 18.4 Å². The van der Waals surface area contributed by atoms with Crippen LogP contribution in [0.3, 0.4) is 0 Å². The van der Waals surface area contributed by atoms with Crippen LogP contribution in [-0.4, -0.2) is 20.6 Å². The fourth-order valence-corrected chi connectivity index (χ4v) is 2.79. The van der Waals surface area contributed by atoms with Crippen LogP contribution in [-0.2, 0) is 0 Å². The molecule has 1 N–H and O–H groups in total. The highest BCUT2D eigenvalue weighted by molar-refractivity contribution is 5.45. The first-order valence-corrected chi connectivity index (χ1v) is 7.36. The normalized spacial score (nSPS) is 21.8. The molecule has 1 aliphatic carbocycles. The highest BCUT2D eigenvalue weighted by Gasteiger charge is 2.30. The van der Waals surface area contributed by atoms with E-state index < -0.39 is 0 Å². The van der Waals surface area contributed by atoms with Gasteiger partial charge in [-0.1, -0.05) is 13.8 Å². The number of aryl methyl sites for hydroxylation is 1. The number of imidazole rings is 1. The Hall–Kier alpha value is -1.84. The second kappa shape index (κ2) is 5.27. The van der Waals surface area contributed by atoms with Gasteiger partial charge in [-0.3, -0.25) is 4.57 Å². The third-order valence-electron chi connectivity index (χ3n) is 4.31. The lowest BCUT2D eigenvalue weighted by molar-refractivity contribution is 0.212. The molecule has 0 saturated heterocycles. The number of aromatic nitrogens is 3. The second-order valence-corrected chi connectivity index (χ2v) is 6.07. The zero-order valence-electron chi connectivity index (χ0n) is 12.4. The van der Waals surface area contributed by atoms with Gasteiger partial charge in [0.2, 0.25) is 0 Å². The molecule has 20 heavy (non-hydrogen) atoms. The minimum atomic E-state index is 0.616. The molecule has 1 aliphatic rings. The lowest BCUT2D eigenvalue weighted by Crippen LogP contribution is -2.37. The molecule has 0 unspecified atom stereocenters. The Morgan fingerprint density at radius 3 is 2.60 bits per heavy atom. The molecule has 1 saturated carbocycles. The monoisotopic (exact) mass is 270 g/mol. The van der Waals surface area contributed by atoms with Crippen LogP contribution in [0.15, 0.2) is 30.7 Å². The number of rotatable bonds is 4. The first kappa shape index (κ1) is 13.2. The number of anilines is 1. The fraction of sp³-hybridized carbons (Fsp3) is 0.500. The zero-order chi connectivity index (χ0) is 14.1. The van der Waals surface area contributed by atoms with Gasteiger partial charge in [-0.2, -0.15) is 0 Å². The summed E-state index contributed by atoms with van der Waals surface area (Å²) in [4.78, 5) is 8.73. The minimum absolute atomic E-state index is 0.616. The van der Waals surface area contributed by atoms with E-state index in [1.54, 1.807) is 6.20 Å². The second-order valence-electron chi connectivity index (χ2n) is 6.07. The molecule has 0 spiro atoms. The van der Waals surface area contributed by atoms with Gasteiger partial charge in [0.1, 0.15) is 11.6 Å². The SMILES string of the molecule is Cc1nccn1-c1ccc(NC2CC(C(C)C)C2)cn1. The number of nitrogens with one attached hydrogen (secondary N) is 1. The summed E-state index contributed by atoms with van der Waals surface area (Å²) in [5, 5.41) is 3.56. The van der Waals surface area contributed by atoms with Gasteiger partial charge in [-0.05, 0) is 43.7 Å². The van der Waals surface area contributed by atoms with E-state index in [1.807, 2.05) is 30.0 Å². The van der Waals surface area contributed by atoms with Gasteiger partial charge in [0.25, 0.3) is 0 Å². The minimum Gasteiger partial charge on any atom is -0.381 e. The van der Waals surface area contributed by atoms with Crippen molar-refractivity contribution in [3.8, 4) is 5.82 Å². The Labute approximate surface area is 120 Å². The number of hydrogen-bond donors (Lipinski definition) is 1. The fourth-order valence-electron chi connectivity index (χ4n) is 2.79. The summed E-state index contributed by atoms with van der Waals surface area (Å²) >= 11 is 0. The van der Waals surface area contributed by atoms with Gasteiger partial charge in [0.15, 0.2) is 0 Å². The van der Waals surface area contributed by atoms with E-state index in [4.69, 9.17) is 0 Å². The predicted molar refractivity (Wildman–Crippen MR) is 81.1 cm³/mol. The Balaban J connectivity index is 1.62. The molecular weight excluding hydrogens is 248 g/mol. The van der Waals surface area contributed by atoms with Crippen LogP contribution in [0, 0.1) is 18.8 Å². The smallest absolute Gasteiger partial charge is 0.138 e. The van der Waals surface area contributed by atoms with E-state index in [2.05, 4.69) is 35.2 Å². The molecule has 2 heterocycles. The van der Waals surface area contributed by atoms with E-state index in [1.165, 1.54) is 12.8 Å². The quantitative estimate of drug-likeness (QED) is 0.925. The summed E-state index contributed by atoms with van der Waals surface area (Å²) in [5.41, 5.74) is 1.11. The lowest BCUT2D eigenvalue weighted by Gasteiger charge is -2.39. The highest BCUT2D eigenvalue weighted by Crippen LogP contribution is 2.35. The van der Waals surface area contributed by atoms with Crippen LogP contribution in [0.2, 0.25) is 0 Å². The largest absolute Gasteiger partial charge is 0.381 e. The molecule has 0 amide bonds. The Morgan fingerprint density at radius 2 is 2.05 bits per heavy atom. The molecule has 1 fully saturated rings. The lowest BCUT2D eigenvalue weighted by atomic mass is 9.73. The van der Waals surface area contributed by atoms with Crippen LogP contribution in [0.1, 0.15) is 32.5 Å². The maximum atomic E-state index is 4.51. The van der Waals surface area contributed by atoms with Crippen molar-refractivity contribution in [1.82, 2.24) is 14.5 Å². The number of pyridine rings is 1. The summed E-state index contributed by atoms with van der Waals surface area (Å²) in [5.74, 6) is 3.56. The van der Waals surface area contributed by atoms with Gasteiger partial charge >= 0.3 is 0 Å². The summed E-state index contributed by atoms with van der Waals surface area (Å²) in [6, 6.07) is 4.75. The molecule has 106 valence electrons. The molecule has 0 aliphatic heterocycles. The average Bonchev–Trinajstić information content (AvgIpc) is 2.80. The standard InChI is InChI=1S/C16H22N4/c1-11(2)13-8-15(9-13)19-14-4-5-16(18-10-14)20-7-6-17-12(20)3/h4-7,10-11,13,15,19H,8-9H2,1-3H3. The molecule has 3 rings (SSSR count). The maximum absolute atomic E-state index is 4.51. The number of nitrogens with zero attached hydrogens (tertiary/aromatic N) is 3. The summed E-state index contributed by atoms with van der Waals surface area (Å²) < 4.78 is 1.99. The van der Waals surface area contributed by atoms with Crippen LogP contribution in [0.4, 0.5) is 5.69 Å². The van der Waals surface area contributed by atoms with E-state index in [0.29, 0.717) is 6.04 Å². The van der Waals surface area contributed by atoms with E-state index >= 15 is 0 Å². The molecule has 2 aromatic heterocycles. The van der Waals surface area contributed by atoms with Crippen LogP contribution >= 0.6 is 0 Å². The molecule has 0 aromatic carbocycles. The van der Waals surface area contributed by atoms with Gasteiger partial charge in [0.05, 0.1) is 11.9 Å². The molecule has 0 radical (unpaired) electrons. The van der Waals surface area contributed by atoms with Crippen molar-refractivity contribution < 1.29 is 0 Å². The van der Waals surface area contributed by atoms with Crippen molar-refractivity contribution in [3.05, 3.63) is 36.5 Å². The van der Waals surface area contributed by atoms with Crippen LogP contribution < -0.4 is 5.32 Å². The topological polar surface area (TPSA) is 42.7 Å². The molecule has 4 heteroatoms. The Bertz CT molecular complexity index is 564. The van der Waals surface area contributed by atoms with Crippen molar-refractivity contribution in [1.29, 1.82) is 0 Å². The van der Waals surface area contributed by atoms with Crippen molar-refractivity contribution in [2.75, 3.05) is 5.32 Å². The molecule has 0 bridgehead atoms. The van der Waals surface area contributed by atoms with E-state index in [-0.39, 0.29) is 0 Å². The predicted octanol–water partition coefficient (Wildman–Crippen LogP) is 3.42. The molecule has 0 atom stereocenters. The van der Waals surface area contributed by atoms with E-state index in [9.17, 15) is 0 Å². The molecular formula is C16H22N4. The van der Waals surface area contributed by atoms with Crippen molar-refractivity contribution >= 4 is 5.69 Å². The van der Waals surface area contributed by atoms with Crippen LogP contribution in [0.25, 0.3) is 5.82 Å². The van der Waals surface area contributed by atoms with Crippen molar-refractivity contribution in [2.45, 2.75) is 39.7 Å². The van der Waals surface area contributed by atoms with Crippen molar-refractivity contribution in [3.63, 3.8) is 0 Å². The molecule has 4 nitrogen and oxygen atoms in total. The van der Waals surface area contributed by atoms with Crippen molar-refractivity contribution in [2.24, 2.45) is 11.8 Å². The summed E-state index contributed by atoms with van der Waals surface area (Å²) in [6.07, 6.45) is 8.20. The third-order valence-corrected chi connectivity index (χ3v) is 4.31. The average molecular weight is 270 g/mol. The summed E-state index contributed by atoms with van der Waals surface area (Å²) in [7, 11) is 0. The zero-order valence-corrected chi connectivity index (χ0v) is 12.4. The summed E-state index contributed by atoms with van der Waals surface area (Å²) in [6.45, 7) is 6.60. The maximum Gasteiger partial charge on any atom is 0.138 e. The molecule has 2 aromatic rings. The van der Waals surface area contributed by atoms with E-state index in [0.717, 1.165) is 29.2 Å². The van der Waals surface area contributed by atoms with Gasteiger partial charge in [-0.15, -0.1) is 0 Å². The van der Waals surface area contributed by atoms with Crippen LogP contribution in [0.5, 0.6) is 0 Å². The highest BCUT2D eigenvalue weighted by atomic mass is 15.1. The Morgan fingerprint density at radius 1 is 1.25 bits per heavy atom. The first-order valence-electron chi connectivity index (χ1n) is 7.36. The van der Waals surface area contributed by atoms with Gasteiger partial charge < -0.3 is 5.32 Å². The first-order chi connectivity index (χ1) is 9.63.